The Hall–Kier alpha value is -0.720. The number of hydrogen-bond donors (Lipinski definition) is 4. The van der Waals surface area contributed by atoms with E-state index >= 15 is 0 Å². The van der Waals surface area contributed by atoms with Crippen molar-refractivity contribution in [3.05, 3.63) is 0 Å². The van der Waals surface area contributed by atoms with Gasteiger partial charge < -0.3 is 20.4 Å². The lowest BCUT2D eigenvalue weighted by Crippen LogP contribution is -2.38. The summed E-state index contributed by atoms with van der Waals surface area (Å²) in [5.74, 6) is -1.64. The predicted octanol–water partition coefficient (Wildman–Crippen LogP) is -1.32. The first-order valence-corrected chi connectivity index (χ1v) is 2.69. The Morgan fingerprint density at radius 2 is 1.60 bits per heavy atom. The SMILES string of the molecule is O=C(O)C(O)C(O)C(O)=S. The van der Waals surface area contributed by atoms with Gasteiger partial charge in [0.2, 0.25) is 0 Å². The summed E-state index contributed by atoms with van der Waals surface area (Å²) in [6.07, 6.45) is -3.95. The van der Waals surface area contributed by atoms with Gasteiger partial charge in [-0.2, -0.15) is 0 Å². The van der Waals surface area contributed by atoms with Gasteiger partial charge in [-0.05, 0) is 12.2 Å². The number of rotatable bonds is 3. The molecule has 0 radical (unpaired) electrons. The molecule has 0 spiro atoms. The third-order valence-electron chi connectivity index (χ3n) is 0.805. The summed E-state index contributed by atoms with van der Waals surface area (Å²) in [5, 5.41) is 32.4. The molecule has 0 aromatic carbocycles. The van der Waals surface area contributed by atoms with Crippen LogP contribution in [-0.2, 0) is 4.79 Å². The molecule has 0 heterocycles. The zero-order valence-corrected chi connectivity index (χ0v) is 5.58. The smallest absolute Gasteiger partial charge is 0.335 e. The molecule has 10 heavy (non-hydrogen) atoms. The summed E-state index contributed by atoms with van der Waals surface area (Å²) in [7, 11) is 0. The van der Waals surface area contributed by atoms with Crippen molar-refractivity contribution in [3.8, 4) is 0 Å². The van der Waals surface area contributed by atoms with E-state index in [1.54, 1.807) is 0 Å². The van der Waals surface area contributed by atoms with Crippen LogP contribution in [0.2, 0.25) is 0 Å². The van der Waals surface area contributed by atoms with Crippen molar-refractivity contribution in [2.24, 2.45) is 0 Å². The monoisotopic (exact) mass is 166 g/mol. The normalized spacial score (nSPS) is 15.8. The van der Waals surface area contributed by atoms with E-state index < -0.39 is 23.2 Å². The predicted molar refractivity (Wildman–Crippen MR) is 34.9 cm³/mol. The summed E-state index contributed by atoms with van der Waals surface area (Å²) in [6, 6.07) is 0. The lowest BCUT2D eigenvalue weighted by atomic mass is 10.2. The Morgan fingerprint density at radius 1 is 1.20 bits per heavy atom. The molecule has 2 atom stereocenters. The van der Waals surface area contributed by atoms with Crippen LogP contribution in [0.15, 0.2) is 0 Å². The highest BCUT2D eigenvalue weighted by molar-refractivity contribution is 7.80. The molecule has 4 N–H and O–H groups in total. The Morgan fingerprint density at radius 3 is 1.70 bits per heavy atom. The van der Waals surface area contributed by atoms with Gasteiger partial charge in [0, 0.05) is 0 Å². The van der Waals surface area contributed by atoms with Gasteiger partial charge in [0.25, 0.3) is 0 Å². The minimum atomic E-state index is -2.06. The zero-order valence-electron chi connectivity index (χ0n) is 4.76. The van der Waals surface area contributed by atoms with E-state index in [2.05, 4.69) is 12.2 Å². The van der Waals surface area contributed by atoms with Crippen molar-refractivity contribution >= 4 is 23.2 Å². The van der Waals surface area contributed by atoms with Crippen LogP contribution in [0.4, 0.5) is 0 Å². The summed E-state index contributed by atoms with van der Waals surface area (Å²) in [5.41, 5.74) is 0. The highest BCUT2D eigenvalue weighted by Gasteiger charge is 2.26. The molecule has 0 aromatic heterocycles. The van der Waals surface area contributed by atoms with Gasteiger partial charge in [0.05, 0.1) is 0 Å². The molecule has 58 valence electrons. The maximum absolute atomic E-state index is 9.86. The highest BCUT2D eigenvalue weighted by atomic mass is 32.1. The van der Waals surface area contributed by atoms with Gasteiger partial charge in [-0.1, -0.05) is 0 Å². The fourth-order valence-electron chi connectivity index (χ4n) is 0.270. The van der Waals surface area contributed by atoms with Crippen LogP contribution in [0.25, 0.3) is 0 Å². The fourth-order valence-corrected chi connectivity index (χ4v) is 0.399. The topological polar surface area (TPSA) is 98.0 Å². The van der Waals surface area contributed by atoms with E-state index in [1.165, 1.54) is 0 Å². The second kappa shape index (κ2) is 3.45. The first-order chi connectivity index (χ1) is 4.46. The number of carboxylic acid groups (broad SMARTS) is 1. The number of aliphatic hydroxyl groups excluding tert-OH is 3. The lowest BCUT2D eigenvalue weighted by Gasteiger charge is -2.09. The summed E-state index contributed by atoms with van der Waals surface area (Å²) >= 11 is 4.00. The summed E-state index contributed by atoms with van der Waals surface area (Å²) in [6.45, 7) is 0. The van der Waals surface area contributed by atoms with Crippen molar-refractivity contribution < 1.29 is 25.2 Å². The van der Waals surface area contributed by atoms with Crippen molar-refractivity contribution in [1.29, 1.82) is 0 Å². The van der Waals surface area contributed by atoms with Gasteiger partial charge in [0.1, 0.15) is 0 Å². The second-order valence-electron chi connectivity index (χ2n) is 1.57. The first kappa shape index (κ1) is 9.28. The zero-order chi connectivity index (χ0) is 8.31. The van der Waals surface area contributed by atoms with Crippen LogP contribution in [0.3, 0.4) is 0 Å². The van der Waals surface area contributed by atoms with E-state index in [-0.39, 0.29) is 0 Å². The molecule has 0 fully saturated rings. The largest absolute Gasteiger partial charge is 0.500 e. The van der Waals surface area contributed by atoms with Crippen molar-refractivity contribution in [1.82, 2.24) is 0 Å². The first-order valence-electron chi connectivity index (χ1n) is 2.28. The molecule has 0 aliphatic heterocycles. The van der Waals surface area contributed by atoms with E-state index in [0.717, 1.165) is 0 Å². The number of carbonyl (C=O) groups is 1. The number of carboxylic acids is 1. The Labute approximate surface area is 61.5 Å². The third kappa shape index (κ3) is 2.26. The molecule has 0 rings (SSSR count). The van der Waals surface area contributed by atoms with Crippen molar-refractivity contribution in [2.75, 3.05) is 0 Å². The molecule has 0 saturated carbocycles. The second-order valence-corrected chi connectivity index (χ2v) is 1.98. The van der Waals surface area contributed by atoms with Crippen LogP contribution >= 0.6 is 12.2 Å². The molecule has 6 heteroatoms. The minimum absolute atomic E-state index is 0.935. The van der Waals surface area contributed by atoms with Gasteiger partial charge in [-0.3, -0.25) is 0 Å². The summed E-state index contributed by atoms with van der Waals surface area (Å²) in [4.78, 5) is 9.86. The molecule has 5 nitrogen and oxygen atoms in total. The molecule has 2 unspecified atom stereocenters. The van der Waals surface area contributed by atoms with E-state index in [0.29, 0.717) is 0 Å². The standard InChI is InChI=1S/C4H6O5S/c5-1(3(7)8)2(6)4(9)10/h1-2,5-6H,(H,7,8)(H,9,10). The molecular weight excluding hydrogens is 160 g/mol. The summed E-state index contributed by atoms with van der Waals surface area (Å²) < 4.78 is 0. The molecule has 0 aliphatic rings. The molecule has 0 amide bonds. The maximum Gasteiger partial charge on any atom is 0.335 e. The van der Waals surface area contributed by atoms with Crippen LogP contribution in [0.1, 0.15) is 0 Å². The highest BCUT2D eigenvalue weighted by Crippen LogP contribution is 1.94. The lowest BCUT2D eigenvalue weighted by molar-refractivity contribution is -0.150. The number of aliphatic hydroxyl groups is 3. The van der Waals surface area contributed by atoms with Crippen LogP contribution in [0, 0.1) is 0 Å². The Balaban J connectivity index is 4.07. The fraction of sp³-hybridized carbons (Fsp3) is 0.500. The third-order valence-corrected chi connectivity index (χ3v) is 1.05. The van der Waals surface area contributed by atoms with Crippen LogP contribution < -0.4 is 0 Å². The molecule has 0 bridgehead atoms. The number of hydrogen-bond acceptors (Lipinski definition) is 4. The van der Waals surface area contributed by atoms with E-state index in [4.69, 9.17) is 20.4 Å². The molecule has 0 aromatic rings. The van der Waals surface area contributed by atoms with Crippen molar-refractivity contribution in [3.63, 3.8) is 0 Å². The minimum Gasteiger partial charge on any atom is -0.500 e. The Bertz CT molecular complexity index is 138. The number of aliphatic carboxylic acids is 1. The molecular formula is C4H6O5S. The van der Waals surface area contributed by atoms with Gasteiger partial charge >= 0.3 is 5.97 Å². The van der Waals surface area contributed by atoms with E-state index in [1.807, 2.05) is 0 Å². The maximum atomic E-state index is 9.86. The van der Waals surface area contributed by atoms with Gasteiger partial charge in [0.15, 0.2) is 17.3 Å². The van der Waals surface area contributed by atoms with E-state index in [9.17, 15) is 4.79 Å². The molecule has 0 saturated heterocycles. The van der Waals surface area contributed by atoms with Gasteiger partial charge in [-0.15, -0.1) is 0 Å². The Kier molecular flexibility index (Phi) is 3.20. The average Bonchev–Trinajstić information content (AvgIpc) is 1.84. The molecule has 0 aliphatic carbocycles. The average molecular weight is 166 g/mol. The van der Waals surface area contributed by atoms with Crippen LogP contribution in [-0.4, -0.2) is 43.7 Å². The quantitative estimate of drug-likeness (QED) is 0.388. The van der Waals surface area contributed by atoms with Crippen molar-refractivity contribution in [2.45, 2.75) is 12.2 Å². The van der Waals surface area contributed by atoms with Gasteiger partial charge in [-0.25, -0.2) is 4.79 Å². The number of thiocarbonyl (C=S) groups is 1. The van der Waals surface area contributed by atoms with Crippen LogP contribution in [0.5, 0.6) is 0 Å².